The van der Waals surface area contributed by atoms with E-state index in [1.54, 1.807) is 30.3 Å². The number of urea groups is 1. The van der Waals surface area contributed by atoms with Crippen LogP contribution in [-0.4, -0.2) is 35.1 Å². The van der Waals surface area contributed by atoms with Gasteiger partial charge >= 0.3 is 6.03 Å². The monoisotopic (exact) mass is 433 g/mol. The van der Waals surface area contributed by atoms with E-state index in [1.807, 2.05) is 0 Å². The molecule has 0 radical (unpaired) electrons. The molecule has 0 aliphatic carbocycles. The average molecular weight is 434 g/mol. The van der Waals surface area contributed by atoms with Crippen molar-refractivity contribution >= 4 is 52.5 Å². The van der Waals surface area contributed by atoms with E-state index in [9.17, 15) is 19.2 Å². The highest BCUT2D eigenvalue weighted by atomic mass is 35.5. The molecular weight excluding hydrogens is 417 g/mol. The fourth-order valence-corrected chi connectivity index (χ4v) is 3.37. The van der Waals surface area contributed by atoms with Gasteiger partial charge in [-0.05, 0) is 43.7 Å². The number of ketones is 1. The maximum Gasteiger partial charge on any atom is 0.325 e. The second-order valence-corrected chi connectivity index (χ2v) is 7.54. The zero-order valence-corrected chi connectivity index (χ0v) is 17.1. The zero-order chi connectivity index (χ0) is 21.3. The van der Waals surface area contributed by atoms with E-state index >= 15 is 0 Å². The molecule has 1 saturated heterocycles. The Bertz CT molecular complexity index is 1040. The summed E-state index contributed by atoms with van der Waals surface area (Å²) in [5.74, 6) is -1.43. The SMILES string of the molecule is CC(=O)c1ccccc1NC(=O)CN1C(=O)NC(C)(c2ccc(Cl)c(Cl)c2)C1=O. The molecule has 1 aliphatic heterocycles. The highest BCUT2D eigenvalue weighted by Gasteiger charge is 2.49. The van der Waals surface area contributed by atoms with Gasteiger partial charge in [0, 0.05) is 5.56 Å². The van der Waals surface area contributed by atoms with Crippen LogP contribution in [0.15, 0.2) is 42.5 Å². The van der Waals surface area contributed by atoms with E-state index in [1.165, 1.54) is 26.0 Å². The molecule has 2 N–H and O–H groups in total. The Morgan fingerprint density at radius 2 is 1.79 bits per heavy atom. The summed E-state index contributed by atoms with van der Waals surface area (Å²) in [6.07, 6.45) is 0. The summed E-state index contributed by atoms with van der Waals surface area (Å²) >= 11 is 11.9. The van der Waals surface area contributed by atoms with Gasteiger partial charge in [-0.15, -0.1) is 0 Å². The minimum atomic E-state index is -1.39. The molecule has 3 rings (SSSR count). The minimum absolute atomic E-state index is 0.219. The van der Waals surface area contributed by atoms with Crippen LogP contribution in [0.2, 0.25) is 10.0 Å². The molecule has 1 fully saturated rings. The van der Waals surface area contributed by atoms with E-state index in [-0.39, 0.29) is 10.8 Å². The molecule has 4 amide bonds. The lowest BCUT2D eigenvalue weighted by atomic mass is 9.92. The van der Waals surface area contributed by atoms with Crippen LogP contribution < -0.4 is 10.6 Å². The lowest BCUT2D eigenvalue weighted by Crippen LogP contribution is -2.42. The Balaban J connectivity index is 1.79. The fraction of sp³-hybridized carbons (Fsp3) is 0.200. The van der Waals surface area contributed by atoms with Crippen LogP contribution >= 0.6 is 23.2 Å². The Morgan fingerprint density at radius 3 is 2.45 bits per heavy atom. The Hall–Kier alpha value is -2.90. The van der Waals surface area contributed by atoms with Gasteiger partial charge in [0.25, 0.3) is 5.91 Å². The molecule has 2 aromatic rings. The normalized spacial score (nSPS) is 18.6. The van der Waals surface area contributed by atoms with Crippen molar-refractivity contribution in [2.45, 2.75) is 19.4 Å². The molecule has 150 valence electrons. The van der Waals surface area contributed by atoms with Crippen LogP contribution in [-0.2, 0) is 15.1 Å². The third kappa shape index (κ3) is 3.97. The van der Waals surface area contributed by atoms with Crippen molar-refractivity contribution in [3.63, 3.8) is 0 Å². The Kier molecular flexibility index (Phi) is 5.64. The number of hydrogen-bond donors (Lipinski definition) is 2. The van der Waals surface area contributed by atoms with Crippen LogP contribution in [0.1, 0.15) is 29.8 Å². The molecule has 0 bridgehead atoms. The highest BCUT2D eigenvalue weighted by molar-refractivity contribution is 6.42. The number of carbonyl (C=O) groups excluding carboxylic acids is 4. The number of halogens is 2. The Morgan fingerprint density at radius 1 is 1.10 bits per heavy atom. The van der Waals surface area contributed by atoms with Crippen molar-refractivity contribution in [1.29, 1.82) is 0 Å². The van der Waals surface area contributed by atoms with E-state index in [4.69, 9.17) is 23.2 Å². The predicted molar refractivity (Wildman–Crippen MR) is 109 cm³/mol. The quantitative estimate of drug-likeness (QED) is 0.555. The zero-order valence-electron chi connectivity index (χ0n) is 15.6. The first kappa shape index (κ1) is 20.8. The van der Waals surface area contributed by atoms with Crippen LogP contribution in [0, 0.1) is 0 Å². The van der Waals surface area contributed by atoms with Gasteiger partial charge < -0.3 is 10.6 Å². The number of nitrogens with one attached hydrogen (secondary N) is 2. The number of para-hydroxylation sites is 1. The molecule has 29 heavy (non-hydrogen) atoms. The van der Waals surface area contributed by atoms with Gasteiger partial charge in [0.2, 0.25) is 5.91 Å². The van der Waals surface area contributed by atoms with Crippen molar-refractivity contribution in [2.75, 3.05) is 11.9 Å². The van der Waals surface area contributed by atoms with Crippen molar-refractivity contribution in [2.24, 2.45) is 0 Å². The Labute approximate surface area is 177 Å². The summed E-state index contributed by atoms with van der Waals surface area (Å²) < 4.78 is 0. The van der Waals surface area contributed by atoms with Crippen LogP contribution in [0.3, 0.4) is 0 Å². The topological polar surface area (TPSA) is 95.6 Å². The van der Waals surface area contributed by atoms with Crippen LogP contribution in [0.4, 0.5) is 10.5 Å². The first-order valence-electron chi connectivity index (χ1n) is 8.63. The summed E-state index contributed by atoms with van der Waals surface area (Å²) in [7, 11) is 0. The summed E-state index contributed by atoms with van der Waals surface area (Å²) in [6.45, 7) is 2.40. The van der Waals surface area contributed by atoms with E-state index in [2.05, 4.69) is 10.6 Å². The van der Waals surface area contributed by atoms with Crippen molar-refractivity contribution in [3.05, 3.63) is 63.6 Å². The van der Waals surface area contributed by atoms with Crippen LogP contribution in [0.5, 0.6) is 0 Å². The molecule has 1 unspecified atom stereocenters. The molecule has 0 saturated carbocycles. The number of hydrogen-bond acceptors (Lipinski definition) is 4. The largest absolute Gasteiger partial charge is 0.325 e. The van der Waals surface area contributed by atoms with E-state index < -0.39 is 29.9 Å². The summed E-state index contributed by atoms with van der Waals surface area (Å²) in [6, 6.07) is 10.4. The number of imide groups is 1. The standard InChI is InChI=1S/C20H17Cl2N3O4/c1-11(26)13-5-3-4-6-16(13)23-17(27)10-25-18(28)20(2,24-19(25)29)12-7-8-14(21)15(22)9-12/h3-9H,10H2,1-2H3,(H,23,27)(H,24,29). The number of Topliss-reactive ketones (excluding diaryl/α,β-unsaturated/α-hetero) is 1. The van der Waals surface area contributed by atoms with Gasteiger partial charge in [0.1, 0.15) is 12.1 Å². The van der Waals surface area contributed by atoms with E-state index in [0.717, 1.165) is 4.90 Å². The fourth-order valence-electron chi connectivity index (χ4n) is 3.08. The first-order chi connectivity index (χ1) is 13.6. The molecule has 1 heterocycles. The molecule has 9 heteroatoms. The third-order valence-electron chi connectivity index (χ3n) is 4.65. The second-order valence-electron chi connectivity index (χ2n) is 6.73. The van der Waals surface area contributed by atoms with Gasteiger partial charge in [0.15, 0.2) is 5.78 Å². The molecule has 0 spiro atoms. The number of amides is 4. The maximum atomic E-state index is 12.9. The van der Waals surface area contributed by atoms with Gasteiger partial charge in [-0.2, -0.15) is 0 Å². The molecule has 7 nitrogen and oxygen atoms in total. The first-order valence-corrected chi connectivity index (χ1v) is 9.38. The highest BCUT2D eigenvalue weighted by Crippen LogP contribution is 2.33. The number of benzene rings is 2. The number of carbonyl (C=O) groups is 4. The van der Waals surface area contributed by atoms with E-state index in [0.29, 0.717) is 21.8 Å². The van der Waals surface area contributed by atoms with Crippen molar-refractivity contribution < 1.29 is 19.2 Å². The number of anilines is 1. The average Bonchev–Trinajstić information content (AvgIpc) is 2.88. The molecule has 2 aromatic carbocycles. The summed E-state index contributed by atoms with van der Waals surface area (Å²) in [5, 5.41) is 5.72. The van der Waals surface area contributed by atoms with Gasteiger partial charge in [0.05, 0.1) is 15.7 Å². The lowest BCUT2D eigenvalue weighted by Gasteiger charge is -2.22. The third-order valence-corrected chi connectivity index (χ3v) is 5.39. The van der Waals surface area contributed by atoms with Gasteiger partial charge in [-0.3, -0.25) is 19.3 Å². The second kappa shape index (κ2) is 7.85. The maximum absolute atomic E-state index is 12.9. The minimum Gasteiger partial charge on any atom is -0.324 e. The van der Waals surface area contributed by atoms with Crippen molar-refractivity contribution in [3.8, 4) is 0 Å². The summed E-state index contributed by atoms with van der Waals surface area (Å²) in [5.41, 5.74) is -0.304. The van der Waals surface area contributed by atoms with Crippen molar-refractivity contribution in [1.82, 2.24) is 10.2 Å². The summed E-state index contributed by atoms with van der Waals surface area (Å²) in [4.78, 5) is 50.3. The number of rotatable bonds is 5. The molecule has 1 atom stereocenters. The molecular formula is C20H17Cl2N3O4. The number of nitrogens with zero attached hydrogens (tertiary/aromatic N) is 1. The van der Waals surface area contributed by atoms with Gasteiger partial charge in [-0.1, -0.05) is 41.4 Å². The smallest absolute Gasteiger partial charge is 0.324 e. The lowest BCUT2D eigenvalue weighted by molar-refractivity contribution is -0.133. The van der Waals surface area contributed by atoms with Gasteiger partial charge in [-0.25, -0.2) is 4.79 Å². The molecule has 0 aromatic heterocycles. The van der Waals surface area contributed by atoms with Crippen LogP contribution in [0.25, 0.3) is 0 Å². The molecule has 1 aliphatic rings. The predicted octanol–water partition coefficient (Wildman–Crippen LogP) is 3.60.